The second-order valence-corrected chi connectivity index (χ2v) is 5.66. The summed E-state index contributed by atoms with van der Waals surface area (Å²) in [6.45, 7) is 0. The van der Waals surface area contributed by atoms with Crippen molar-refractivity contribution in [3.8, 4) is 0 Å². The predicted molar refractivity (Wildman–Crippen MR) is 83.0 cm³/mol. The van der Waals surface area contributed by atoms with Gasteiger partial charge in [0.1, 0.15) is 0 Å². The van der Waals surface area contributed by atoms with Gasteiger partial charge in [-0.2, -0.15) is 0 Å². The van der Waals surface area contributed by atoms with Gasteiger partial charge in [-0.05, 0) is 36.4 Å². The third kappa shape index (κ3) is 1.79. The highest BCUT2D eigenvalue weighted by Crippen LogP contribution is 2.50. The van der Waals surface area contributed by atoms with E-state index in [0.717, 1.165) is 5.69 Å². The van der Waals surface area contributed by atoms with Gasteiger partial charge in [0.05, 0.1) is 11.4 Å². The Hall–Kier alpha value is -2.26. The van der Waals surface area contributed by atoms with Crippen LogP contribution in [-0.4, -0.2) is 4.98 Å². The van der Waals surface area contributed by atoms with Gasteiger partial charge in [0, 0.05) is 27.9 Å². The molecule has 0 saturated carbocycles. The van der Waals surface area contributed by atoms with Gasteiger partial charge in [0.25, 0.3) is 0 Å². The largest absolute Gasteiger partial charge is 0.308 e. The van der Waals surface area contributed by atoms with Crippen LogP contribution < -0.4 is 4.90 Å². The summed E-state index contributed by atoms with van der Waals surface area (Å²) in [5.41, 5.74) is 3.59. The first-order valence-electron chi connectivity index (χ1n) is 6.49. The normalized spacial score (nSPS) is 12.7. The van der Waals surface area contributed by atoms with Crippen LogP contribution in [-0.2, 0) is 0 Å². The minimum Gasteiger partial charge on any atom is -0.308 e. The summed E-state index contributed by atoms with van der Waals surface area (Å²) in [4.78, 5) is 8.98. The number of para-hydroxylation sites is 2. The van der Waals surface area contributed by atoms with Gasteiger partial charge in [-0.3, -0.25) is 4.98 Å². The van der Waals surface area contributed by atoms with Crippen LogP contribution in [0.25, 0.3) is 0 Å². The number of aromatic nitrogens is 1. The molecule has 0 spiro atoms. The number of hydrogen-bond acceptors (Lipinski definition) is 3. The maximum Gasteiger partial charge on any atom is 0.0601 e. The second kappa shape index (κ2) is 4.69. The van der Waals surface area contributed by atoms with Gasteiger partial charge in [-0.15, -0.1) is 0 Å². The first kappa shape index (κ1) is 11.6. The maximum absolute atomic E-state index is 4.12. The summed E-state index contributed by atoms with van der Waals surface area (Å²) in [5, 5.41) is 0. The summed E-state index contributed by atoms with van der Waals surface area (Å²) in [6.07, 6.45) is 3.67. The predicted octanol–water partition coefficient (Wildman–Crippen LogP) is 5.02. The second-order valence-electron chi connectivity index (χ2n) is 4.58. The SMILES string of the molecule is c1ccc2c(c1)Sc1ccccc1N2c1ccncc1. The molecule has 20 heavy (non-hydrogen) atoms. The summed E-state index contributed by atoms with van der Waals surface area (Å²) in [7, 11) is 0. The molecule has 0 unspecified atom stereocenters. The highest BCUT2D eigenvalue weighted by Gasteiger charge is 2.23. The maximum atomic E-state index is 4.12. The van der Waals surface area contributed by atoms with Crippen molar-refractivity contribution >= 4 is 28.8 Å². The van der Waals surface area contributed by atoms with Crippen LogP contribution in [0.5, 0.6) is 0 Å². The molecule has 2 nitrogen and oxygen atoms in total. The molecule has 4 rings (SSSR count). The zero-order chi connectivity index (χ0) is 13.4. The summed E-state index contributed by atoms with van der Waals surface area (Å²) in [6, 6.07) is 21.1. The number of fused-ring (bicyclic) bond motifs is 2. The lowest BCUT2D eigenvalue weighted by atomic mass is 10.2. The highest BCUT2D eigenvalue weighted by atomic mass is 32.2. The van der Waals surface area contributed by atoms with E-state index in [4.69, 9.17) is 0 Å². The fourth-order valence-corrected chi connectivity index (χ4v) is 3.53. The van der Waals surface area contributed by atoms with Crippen LogP contribution in [0.2, 0.25) is 0 Å². The first-order valence-corrected chi connectivity index (χ1v) is 7.31. The Morgan fingerprint density at radius 3 is 1.85 bits per heavy atom. The molecule has 96 valence electrons. The average Bonchev–Trinajstić information content (AvgIpc) is 2.53. The van der Waals surface area contributed by atoms with Crippen molar-refractivity contribution in [3.63, 3.8) is 0 Å². The first-order chi connectivity index (χ1) is 9.93. The number of hydrogen-bond donors (Lipinski definition) is 0. The number of rotatable bonds is 1. The van der Waals surface area contributed by atoms with E-state index in [1.807, 2.05) is 36.3 Å². The van der Waals surface area contributed by atoms with Gasteiger partial charge in [-0.1, -0.05) is 36.0 Å². The minimum atomic E-state index is 1.14. The monoisotopic (exact) mass is 276 g/mol. The van der Waals surface area contributed by atoms with E-state index in [1.54, 1.807) is 0 Å². The van der Waals surface area contributed by atoms with Crippen molar-refractivity contribution in [3.05, 3.63) is 73.1 Å². The molecule has 0 aliphatic carbocycles. The van der Waals surface area contributed by atoms with Crippen LogP contribution in [0.3, 0.4) is 0 Å². The molecule has 0 N–H and O–H groups in total. The molecule has 0 bridgehead atoms. The molecule has 0 atom stereocenters. The molecule has 2 aromatic carbocycles. The van der Waals surface area contributed by atoms with Crippen LogP contribution >= 0.6 is 11.8 Å². The van der Waals surface area contributed by atoms with E-state index >= 15 is 0 Å². The Kier molecular flexibility index (Phi) is 2.71. The van der Waals surface area contributed by atoms with E-state index in [9.17, 15) is 0 Å². The van der Waals surface area contributed by atoms with E-state index in [0.29, 0.717) is 0 Å². The molecule has 3 heteroatoms. The molecule has 1 aromatic heterocycles. The Balaban J connectivity index is 1.98. The smallest absolute Gasteiger partial charge is 0.0601 e. The minimum absolute atomic E-state index is 1.14. The van der Waals surface area contributed by atoms with E-state index in [1.165, 1.54) is 21.2 Å². The summed E-state index contributed by atoms with van der Waals surface area (Å²) < 4.78 is 0. The van der Waals surface area contributed by atoms with Crippen LogP contribution in [0.15, 0.2) is 82.8 Å². The van der Waals surface area contributed by atoms with Crippen molar-refractivity contribution < 1.29 is 0 Å². The van der Waals surface area contributed by atoms with E-state index in [-0.39, 0.29) is 0 Å². The quantitative estimate of drug-likeness (QED) is 0.486. The molecular formula is C17H12N2S. The Morgan fingerprint density at radius 1 is 0.700 bits per heavy atom. The zero-order valence-electron chi connectivity index (χ0n) is 10.7. The number of nitrogens with zero attached hydrogens (tertiary/aromatic N) is 2. The van der Waals surface area contributed by atoms with Gasteiger partial charge in [-0.25, -0.2) is 0 Å². The molecule has 0 saturated heterocycles. The van der Waals surface area contributed by atoms with Crippen molar-refractivity contribution in [1.29, 1.82) is 0 Å². The number of benzene rings is 2. The fourth-order valence-electron chi connectivity index (χ4n) is 2.48. The Labute approximate surface area is 122 Å². The zero-order valence-corrected chi connectivity index (χ0v) is 11.5. The number of anilines is 3. The Morgan fingerprint density at radius 2 is 1.25 bits per heavy atom. The molecule has 0 radical (unpaired) electrons. The van der Waals surface area contributed by atoms with Crippen molar-refractivity contribution in [2.75, 3.05) is 4.90 Å². The van der Waals surface area contributed by atoms with Gasteiger partial charge in [0.15, 0.2) is 0 Å². The van der Waals surface area contributed by atoms with Gasteiger partial charge >= 0.3 is 0 Å². The molecule has 2 heterocycles. The average molecular weight is 276 g/mol. The van der Waals surface area contributed by atoms with E-state index < -0.39 is 0 Å². The van der Waals surface area contributed by atoms with Crippen LogP contribution in [0.4, 0.5) is 17.1 Å². The molecule has 0 amide bonds. The van der Waals surface area contributed by atoms with Crippen LogP contribution in [0.1, 0.15) is 0 Å². The third-order valence-corrected chi connectivity index (χ3v) is 4.48. The van der Waals surface area contributed by atoms with Gasteiger partial charge < -0.3 is 4.90 Å². The lowest BCUT2D eigenvalue weighted by Crippen LogP contribution is -2.14. The third-order valence-electron chi connectivity index (χ3n) is 3.35. The molecule has 1 aliphatic heterocycles. The topological polar surface area (TPSA) is 16.1 Å². The molecular weight excluding hydrogens is 264 g/mol. The summed E-state index contributed by atoms with van der Waals surface area (Å²) in [5.74, 6) is 0. The molecule has 0 fully saturated rings. The van der Waals surface area contributed by atoms with Gasteiger partial charge in [0.2, 0.25) is 0 Å². The lowest BCUT2D eigenvalue weighted by molar-refractivity contribution is 1.15. The van der Waals surface area contributed by atoms with E-state index in [2.05, 4.69) is 58.4 Å². The van der Waals surface area contributed by atoms with Crippen molar-refractivity contribution in [1.82, 2.24) is 4.98 Å². The number of pyridine rings is 1. The molecule has 3 aromatic rings. The Bertz CT molecular complexity index is 710. The van der Waals surface area contributed by atoms with Crippen molar-refractivity contribution in [2.24, 2.45) is 0 Å². The lowest BCUT2D eigenvalue weighted by Gasteiger charge is -2.32. The standard InChI is InChI=1S/C17H12N2S/c1-3-7-16-14(5-1)19(13-9-11-18-12-10-13)15-6-2-4-8-17(15)20-16/h1-12H. The van der Waals surface area contributed by atoms with Crippen LogP contribution in [0, 0.1) is 0 Å². The molecule has 1 aliphatic rings. The summed E-state index contributed by atoms with van der Waals surface area (Å²) >= 11 is 1.82. The highest BCUT2D eigenvalue weighted by molar-refractivity contribution is 7.99. The fraction of sp³-hybridized carbons (Fsp3) is 0. The van der Waals surface area contributed by atoms with Crippen molar-refractivity contribution in [2.45, 2.75) is 9.79 Å².